The van der Waals surface area contributed by atoms with Gasteiger partial charge in [0.25, 0.3) is 0 Å². The third-order valence-corrected chi connectivity index (χ3v) is 8.77. The first-order chi connectivity index (χ1) is 10.8. The molecule has 0 aromatic rings. The quantitative estimate of drug-likeness (QED) is 0.772. The van der Waals surface area contributed by atoms with Crippen LogP contribution in [0.5, 0.6) is 0 Å². The van der Waals surface area contributed by atoms with Gasteiger partial charge in [-0.2, -0.15) is 0 Å². The molecule has 4 fully saturated rings. The van der Waals surface area contributed by atoms with E-state index >= 15 is 0 Å². The van der Waals surface area contributed by atoms with Crippen LogP contribution in [0.25, 0.3) is 0 Å². The molecule has 0 aliphatic heterocycles. The Kier molecular flexibility index (Phi) is 3.29. The third kappa shape index (κ3) is 1.94. The molecule has 3 heteroatoms. The zero-order valence-corrected chi connectivity index (χ0v) is 14.5. The summed E-state index contributed by atoms with van der Waals surface area (Å²) in [4.78, 5) is 23.5. The first kappa shape index (κ1) is 15.7. The number of carboxylic acid groups (broad SMARTS) is 1. The van der Waals surface area contributed by atoms with Crippen molar-refractivity contribution in [1.82, 2.24) is 0 Å². The second-order valence-corrected chi connectivity index (χ2v) is 9.68. The molecule has 0 aromatic carbocycles. The number of rotatable bonds is 2. The highest BCUT2D eigenvalue weighted by molar-refractivity contribution is 5.71. The van der Waals surface area contributed by atoms with Crippen molar-refractivity contribution in [3.05, 3.63) is 0 Å². The molecule has 3 nitrogen and oxygen atoms in total. The van der Waals surface area contributed by atoms with Crippen LogP contribution < -0.4 is 0 Å². The maximum Gasteiger partial charge on any atom is 0.306 e. The molecule has 1 N–H and O–H groups in total. The van der Waals surface area contributed by atoms with Gasteiger partial charge in [-0.15, -0.1) is 0 Å². The molecule has 1 spiro atoms. The maximum atomic E-state index is 11.9. The molecule has 7 atom stereocenters. The average Bonchev–Trinajstić information content (AvgIpc) is 2.78. The summed E-state index contributed by atoms with van der Waals surface area (Å²) < 4.78 is 0. The van der Waals surface area contributed by atoms with Crippen LogP contribution in [0.1, 0.15) is 71.6 Å². The van der Waals surface area contributed by atoms with Gasteiger partial charge in [0, 0.05) is 5.41 Å². The van der Waals surface area contributed by atoms with Gasteiger partial charge in [-0.25, -0.2) is 0 Å². The van der Waals surface area contributed by atoms with Crippen LogP contribution in [0.4, 0.5) is 0 Å². The zero-order valence-electron chi connectivity index (χ0n) is 14.5. The fourth-order valence-corrected chi connectivity index (χ4v) is 7.92. The first-order valence-corrected chi connectivity index (χ1v) is 9.54. The predicted octanol–water partition coefficient (Wildman–Crippen LogP) is 4.30. The van der Waals surface area contributed by atoms with E-state index in [-0.39, 0.29) is 22.2 Å². The summed E-state index contributed by atoms with van der Waals surface area (Å²) in [7, 11) is 0. The SMILES string of the molecule is C[C@@]12CCC[C@@](C)(C=O)C1CC[C@]13CC(C(=O)O)[C@H](CCC12)C3. The van der Waals surface area contributed by atoms with Gasteiger partial charge in [-0.3, -0.25) is 4.79 Å². The van der Waals surface area contributed by atoms with Crippen LogP contribution >= 0.6 is 0 Å². The Balaban J connectivity index is 1.71. The highest BCUT2D eigenvalue weighted by Crippen LogP contribution is 2.72. The van der Waals surface area contributed by atoms with E-state index in [1.54, 1.807) is 0 Å². The standard InChI is InChI=1S/C20H30O3/c1-18(12-21)7-3-8-19(2)15(18)6-9-20-10-13(4-5-16(19)20)14(11-20)17(22)23/h12-16H,3-11H2,1-2H3,(H,22,23)/t13-,14?,15?,16?,18+,19-,20+/m1/s1. The van der Waals surface area contributed by atoms with E-state index in [2.05, 4.69) is 13.8 Å². The van der Waals surface area contributed by atoms with Crippen LogP contribution in [-0.4, -0.2) is 17.4 Å². The smallest absolute Gasteiger partial charge is 0.306 e. The van der Waals surface area contributed by atoms with Crippen molar-refractivity contribution >= 4 is 12.3 Å². The molecule has 128 valence electrons. The highest BCUT2D eigenvalue weighted by atomic mass is 16.4. The molecule has 4 saturated carbocycles. The summed E-state index contributed by atoms with van der Waals surface area (Å²) in [5.41, 5.74) is 0.346. The predicted molar refractivity (Wildman–Crippen MR) is 87.9 cm³/mol. The lowest BCUT2D eigenvalue weighted by Gasteiger charge is -2.63. The van der Waals surface area contributed by atoms with Crippen molar-refractivity contribution in [1.29, 1.82) is 0 Å². The Morgan fingerprint density at radius 2 is 1.83 bits per heavy atom. The molecule has 4 aliphatic carbocycles. The summed E-state index contributed by atoms with van der Waals surface area (Å²) in [5.74, 6) is 0.860. The summed E-state index contributed by atoms with van der Waals surface area (Å²) in [6.07, 6.45) is 11.3. The normalized spacial score (nSPS) is 54.9. The van der Waals surface area contributed by atoms with E-state index in [0.717, 1.165) is 44.9 Å². The largest absolute Gasteiger partial charge is 0.481 e. The monoisotopic (exact) mass is 318 g/mol. The van der Waals surface area contributed by atoms with Gasteiger partial charge in [-0.05, 0) is 80.0 Å². The minimum absolute atomic E-state index is 0.110. The Labute approximate surface area is 139 Å². The van der Waals surface area contributed by atoms with Crippen molar-refractivity contribution in [3.63, 3.8) is 0 Å². The average molecular weight is 318 g/mol. The lowest BCUT2D eigenvalue weighted by atomic mass is 9.41. The molecule has 3 unspecified atom stereocenters. The molecule has 4 rings (SSSR count). The van der Waals surface area contributed by atoms with E-state index in [1.165, 1.54) is 19.1 Å². The molecule has 4 aliphatic rings. The molecular weight excluding hydrogens is 288 g/mol. The van der Waals surface area contributed by atoms with E-state index in [4.69, 9.17) is 0 Å². The van der Waals surface area contributed by atoms with Gasteiger partial charge in [0.15, 0.2) is 0 Å². The molecule has 2 bridgehead atoms. The third-order valence-electron chi connectivity index (χ3n) is 8.77. The molecule has 0 amide bonds. The molecule has 0 saturated heterocycles. The van der Waals surface area contributed by atoms with Gasteiger partial charge in [-0.1, -0.05) is 20.3 Å². The van der Waals surface area contributed by atoms with Crippen molar-refractivity contribution < 1.29 is 14.7 Å². The van der Waals surface area contributed by atoms with E-state index in [0.29, 0.717) is 17.8 Å². The van der Waals surface area contributed by atoms with E-state index < -0.39 is 5.97 Å². The lowest BCUT2D eigenvalue weighted by Crippen LogP contribution is -2.56. The van der Waals surface area contributed by atoms with Gasteiger partial charge in [0.05, 0.1) is 5.92 Å². The van der Waals surface area contributed by atoms with Gasteiger partial charge >= 0.3 is 5.97 Å². The van der Waals surface area contributed by atoms with Crippen molar-refractivity contribution in [2.75, 3.05) is 0 Å². The molecule has 23 heavy (non-hydrogen) atoms. The minimum atomic E-state index is -0.568. The fraction of sp³-hybridized carbons (Fsp3) is 0.900. The van der Waals surface area contributed by atoms with Gasteiger partial charge in [0.1, 0.15) is 6.29 Å². The number of carbonyl (C=O) groups excluding carboxylic acids is 1. The lowest BCUT2D eigenvalue weighted by molar-refractivity contribution is -0.157. The van der Waals surface area contributed by atoms with Crippen LogP contribution in [0.2, 0.25) is 0 Å². The molecule has 0 radical (unpaired) electrons. The van der Waals surface area contributed by atoms with Crippen LogP contribution in [-0.2, 0) is 9.59 Å². The summed E-state index contributed by atoms with van der Waals surface area (Å²) in [6, 6.07) is 0. The summed E-state index contributed by atoms with van der Waals surface area (Å²) >= 11 is 0. The second kappa shape index (κ2) is 4.83. The van der Waals surface area contributed by atoms with E-state index in [1.807, 2.05) is 0 Å². The fourth-order valence-electron chi connectivity index (χ4n) is 7.92. The van der Waals surface area contributed by atoms with Crippen molar-refractivity contribution in [2.24, 2.45) is 39.9 Å². The number of hydrogen-bond donors (Lipinski definition) is 1. The second-order valence-electron chi connectivity index (χ2n) is 9.68. The van der Waals surface area contributed by atoms with E-state index in [9.17, 15) is 14.7 Å². The summed E-state index contributed by atoms with van der Waals surface area (Å²) in [6.45, 7) is 4.62. The number of carboxylic acids is 1. The Morgan fingerprint density at radius 1 is 1.04 bits per heavy atom. The Bertz CT molecular complexity index is 543. The number of carbonyl (C=O) groups is 2. The molecule has 0 heterocycles. The van der Waals surface area contributed by atoms with Crippen LogP contribution in [0.3, 0.4) is 0 Å². The number of aldehydes is 1. The maximum absolute atomic E-state index is 11.9. The highest BCUT2D eigenvalue weighted by Gasteiger charge is 2.65. The van der Waals surface area contributed by atoms with Gasteiger partial charge in [0.2, 0.25) is 0 Å². The van der Waals surface area contributed by atoms with Crippen LogP contribution in [0, 0.1) is 39.9 Å². The zero-order chi connectivity index (χ0) is 16.5. The number of aliphatic carboxylic acids is 1. The Morgan fingerprint density at radius 3 is 2.52 bits per heavy atom. The van der Waals surface area contributed by atoms with Crippen LogP contribution in [0.15, 0.2) is 0 Å². The molecule has 0 aromatic heterocycles. The minimum Gasteiger partial charge on any atom is -0.481 e. The first-order valence-electron chi connectivity index (χ1n) is 9.54. The molecular formula is C20H30O3. The topological polar surface area (TPSA) is 54.4 Å². The Hall–Kier alpha value is -0.860. The van der Waals surface area contributed by atoms with Gasteiger partial charge < -0.3 is 9.90 Å². The summed E-state index contributed by atoms with van der Waals surface area (Å²) in [5, 5.41) is 9.62. The van der Waals surface area contributed by atoms with Crippen molar-refractivity contribution in [3.8, 4) is 0 Å². The number of fused-ring (bicyclic) bond motifs is 3. The number of hydrogen-bond acceptors (Lipinski definition) is 2. The van der Waals surface area contributed by atoms with Crippen molar-refractivity contribution in [2.45, 2.75) is 71.6 Å².